The van der Waals surface area contributed by atoms with Crippen molar-refractivity contribution in [3.05, 3.63) is 0 Å². The third kappa shape index (κ3) is 10.2. The summed E-state index contributed by atoms with van der Waals surface area (Å²) in [6.07, 6.45) is 0. The van der Waals surface area contributed by atoms with Crippen LogP contribution in [0.15, 0.2) is 0 Å². The van der Waals surface area contributed by atoms with Gasteiger partial charge in [0.15, 0.2) is 0 Å². The molecule has 0 aromatic carbocycles. The first-order chi connectivity index (χ1) is 1.00. The van der Waals surface area contributed by atoms with E-state index < -0.39 is 0 Å². The van der Waals surface area contributed by atoms with Crippen molar-refractivity contribution in [2.24, 2.45) is 0 Å². The monoisotopic (exact) mass is 210 g/mol. The fourth-order valence-corrected chi connectivity index (χ4v) is 0. The van der Waals surface area contributed by atoms with Gasteiger partial charge in [0.05, 0.1) is 0 Å². The van der Waals surface area contributed by atoms with Gasteiger partial charge in [-0.3, -0.25) is 0 Å². The second-order valence-electron chi connectivity index (χ2n) is 0. The summed E-state index contributed by atoms with van der Waals surface area (Å²) in [5.41, 5.74) is 0. The van der Waals surface area contributed by atoms with Crippen LogP contribution < -0.4 is 0 Å². The first-order valence-corrected chi connectivity index (χ1v) is 1.73. The van der Waals surface area contributed by atoms with E-state index in [1.807, 2.05) is 0 Å². The Hall–Kier alpha value is 1.34. The maximum atomic E-state index is 7.13. The molecule has 0 heterocycles. The summed E-state index contributed by atoms with van der Waals surface area (Å²) in [5.74, 6) is 0. The zero-order valence-electron chi connectivity index (χ0n) is 1.84. The Morgan fingerprint density at radius 2 is 1.00 bits per heavy atom. The zero-order valence-corrected chi connectivity index (χ0v) is 6.77. The molecule has 0 aromatic rings. The molecule has 0 rings (SSSR count). The van der Waals surface area contributed by atoms with E-state index in [1.54, 1.807) is 0 Å². The third-order valence-electron chi connectivity index (χ3n) is 0. The van der Waals surface area contributed by atoms with Gasteiger partial charge in [0.2, 0.25) is 0 Å². The van der Waals surface area contributed by atoms with Crippen LogP contribution in [0.1, 0.15) is 0 Å². The molecule has 0 aliphatic heterocycles. The van der Waals surface area contributed by atoms with Gasteiger partial charge in [-0.15, -0.1) is 24.8 Å². The fourth-order valence-electron chi connectivity index (χ4n) is 0. The van der Waals surface area contributed by atoms with Crippen LogP contribution in [-0.4, -0.2) is 26.4 Å². The van der Waals surface area contributed by atoms with Crippen LogP contribution in [0.3, 0.4) is 0 Å². The minimum atomic E-state index is 0. The standard InChI is InChI=1S/2ClH.H2O.Sn.H/h2*1H;1H2;;/q;;;+1;/p-1. The van der Waals surface area contributed by atoms with E-state index in [-0.39, 0.29) is 24.8 Å². The Morgan fingerprint density at radius 1 is 1.00 bits per heavy atom. The van der Waals surface area contributed by atoms with Crippen LogP contribution in [0.2, 0.25) is 0 Å². The van der Waals surface area contributed by atoms with Crippen molar-refractivity contribution in [2.75, 3.05) is 0 Å². The molecule has 1 N–H and O–H groups in total. The van der Waals surface area contributed by atoms with Gasteiger partial charge in [0, 0.05) is 0 Å². The Bertz CT molecular complexity index is 6.00. The van der Waals surface area contributed by atoms with E-state index in [0.29, 0.717) is 22.9 Å². The van der Waals surface area contributed by atoms with E-state index in [2.05, 4.69) is 0 Å². The summed E-state index contributed by atoms with van der Waals surface area (Å²) < 4.78 is 7.13. The molecule has 1 nitrogen and oxygen atoms in total. The van der Waals surface area contributed by atoms with Crippen molar-refractivity contribution in [3.63, 3.8) is 0 Å². The third-order valence-corrected chi connectivity index (χ3v) is 0. The summed E-state index contributed by atoms with van der Waals surface area (Å²) in [4.78, 5) is 0. The molecule has 2 radical (unpaired) electrons. The second kappa shape index (κ2) is 27.0. The van der Waals surface area contributed by atoms with E-state index in [1.165, 1.54) is 0 Å². The van der Waals surface area contributed by atoms with Gasteiger partial charge >= 0.3 is 26.4 Å². The molecule has 4 heavy (non-hydrogen) atoms. The topological polar surface area (TPSA) is 20.2 Å². The molecule has 0 aliphatic carbocycles. The number of rotatable bonds is 0. The van der Waals surface area contributed by atoms with Crippen LogP contribution >= 0.6 is 24.8 Å². The van der Waals surface area contributed by atoms with Gasteiger partial charge < -0.3 is 0 Å². The average molecular weight is 210 g/mol. The SMILES string of the molecule is Cl.Cl.[OH][SnH]. The summed E-state index contributed by atoms with van der Waals surface area (Å²) in [6, 6.07) is 0. The van der Waals surface area contributed by atoms with E-state index >= 15 is 0 Å². The summed E-state index contributed by atoms with van der Waals surface area (Å²) in [6.45, 7) is 0. The molecular formula is H4Cl2OSn. The molecule has 0 aliphatic rings. The predicted octanol–water partition coefficient (Wildman–Crippen LogP) is -0.362. The molecule has 4 heteroatoms. The first kappa shape index (κ1) is 18.4. The molecular weight excluding hydrogens is 206 g/mol. The van der Waals surface area contributed by atoms with Gasteiger partial charge in [0.1, 0.15) is 0 Å². The normalized spacial score (nSPS) is 1.50. The second-order valence-corrected chi connectivity index (χ2v) is 0. The van der Waals surface area contributed by atoms with Gasteiger partial charge in [-0.2, -0.15) is 0 Å². The molecule has 0 amide bonds. The molecule has 28 valence electrons. The molecule has 0 atom stereocenters. The quantitative estimate of drug-likeness (QED) is 0.541. The predicted molar refractivity (Wildman–Crippen MR) is 23.9 cm³/mol. The summed E-state index contributed by atoms with van der Waals surface area (Å²) in [7, 11) is 0. The van der Waals surface area contributed by atoms with Crippen molar-refractivity contribution < 1.29 is 3.44 Å². The Balaban J connectivity index is -0.00000000500. The molecule has 0 bridgehead atoms. The maximum absolute atomic E-state index is 7.13. The van der Waals surface area contributed by atoms with Gasteiger partial charge in [-0.1, -0.05) is 0 Å². The summed E-state index contributed by atoms with van der Waals surface area (Å²) in [5, 5.41) is 0. The fraction of sp³-hybridized carbons (Fsp3) is 0. The molecule has 0 unspecified atom stereocenters. The summed E-state index contributed by atoms with van der Waals surface area (Å²) >= 11 is 0.350. The van der Waals surface area contributed by atoms with Gasteiger partial charge in [-0.25, -0.2) is 0 Å². The Labute approximate surface area is 51.2 Å². The van der Waals surface area contributed by atoms with E-state index in [4.69, 9.17) is 3.44 Å². The van der Waals surface area contributed by atoms with Crippen molar-refractivity contribution >= 4 is 47.8 Å². The molecule has 0 fully saturated rings. The molecule has 0 saturated carbocycles. The van der Waals surface area contributed by atoms with Crippen LogP contribution in [0.25, 0.3) is 0 Å². The zero-order chi connectivity index (χ0) is 2.00. The average Bonchev–Trinajstić information content (AvgIpc) is 1.00. The van der Waals surface area contributed by atoms with Crippen molar-refractivity contribution in [1.82, 2.24) is 0 Å². The Morgan fingerprint density at radius 3 is 1.00 bits per heavy atom. The van der Waals surface area contributed by atoms with Crippen LogP contribution in [-0.2, 0) is 0 Å². The minimum absolute atomic E-state index is 0. The van der Waals surface area contributed by atoms with Crippen LogP contribution in [0.5, 0.6) is 0 Å². The van der Waals surface area contributed by atoms with E-state index in [9.17, 15) is 0 Å². The van der Waals surface area contributed by atoms with Crippen LogP contribution in [0.4, 0.5) is 0 Å². The first-order valence-electron chi connectivity index (χ1n) is 0.258. The number of hydrogen-bond donors (Lipinski definition) is 1. The molecule has 0 spiro atoms. The van der Waals surface area contributed by atoms with Crippen LogP contribution in [0, 0.1) is 0 Å². The van der Waals surface area contributed by atoms with Crippen molar-refractivity contribution in [3.8, 4) is 0 Å². The van der Waals surface area contributed by atoms with Crippen molar-refractivity contribution in [1.29, 1.82) is 0 Å². The molecule has 0 saturated heterocycles. The number of hydrogen-bond acceptors (Lipinski definition) is 1. The van der Waals surface area contributed by atoms with Crippen molar-refractivity contribution in [2.45, 2.75) is 0 Å². The van der Waals surface area contributed by atoms with Gasteiger partial charge in [-0.05, 0) is 0 Å². The molecule has 0 aromatic heterocycles. The number of halogens is 2. The Kier molecular flexibility index (Phi) is 124. The van der Waals surface area contributed by atoms with E-state index in [0.717, 1.165) is 0 Å². The van der Waals surface area contributed by atoms with Gasteiger partial charge in [0.25, 0.3) is 0 Å².